The first-order valence-electron chi connectivity index (χ1n) is 44.4. The van der Waals surface area contributed by atoms with Gasteiger partial charge in [0.25, 0.3) is 0 Å². The minimum atomic E-state index is 0.565. The van der Waals surface area contributed by atoms with Crippen LogP contribution in [0.15, 0.2) is 454 Å². The van der Waals surface area contributed by atoms with E-state index in [0.717, 1.165) is 210 Å². The molecule has 14 nitrogen and oxygen atoms in total. The van der Waals surface area contributed by atoms with Gasteiger partial charge in [-0.3, -0.25) is 13.7 Å². The average Bonchev–Trinajstić information content (AvgIpc) is 1.59. The largest absolute Gasteiger partial charge is 0.456 e. The van der Waals surface area contributed by atoms with Gasteiger partial charge in [0.15, 0.2) is 11.6 Å². The molecule has 10 aromatic heterocycles. The number of hydrogen-bond donors (Lipinski definition) is 0. The molecule has 14 heteroatoms. The van der Waals surface area contributed by atoms with Crippen molar-refractivity contribution in [3.05, 3.63) is 437 Å². The Hall–Kier alpha value is -18.3. The molecule has 622 valence electrons. The van der Waals surface area contributed by atoms with Crippen molar-refractivity contribution in [2.45, 2.75) is 0 Å². The van der Waals surface area contributed by atoms with Crippen LogP contribution in [0.3, 0.4) is 0 Å². The van der Waals surface area contributed by atoms with Crippen molar-refractivity contribution in [1.29, 1.82) is 0 Å². The van der Waals surface area contributed by atoms with Crippen molar-refractivity contribution in [2.75, 3.05) is 0 Å². The lowest BCUT2D eigenvalue weighted by atomic mass is 10.0. The topological polar surface area (TPSA) is 158 Å². The summed E-state index contributed by atoms with van der Waals surface area (Å²) in [6.07, 6.45) is 0. The van der Waals surface area contributed by atoms with Crippen molar-refractivity contribution in [1.82, 2.24) is 48.6 Å². The van der Waals surface area contributed by atoms with Gasteiger partial charge in [-0.25, -0.2) is 24.9 Å². The smallest absolute Gasteiger partial charge is 0.238 e. The highest BCUT2D eigenvalue weighted by atomic mass is 16.3. The minimum absolute atomic E-state index is 0.565. The monoisotopic (exact) mass is 1700 g/mol. The lowest BCUT2D eigenvalue weighted by Crippen LogP contribution is -2.06. The third-order valence-electron chi connectivity index (χ3n) is 25.6. The number of aromatic nitrogens is 10. The summed E-state index contributed by atoms with van der Waals surface area (Å²) in [5, 5.41) is 15.7. The van der Waals surface area contributed by atoms with Crippen LogP contribution in [0.4, 0.5) is 0 Å². The molecule has 0 N–H and O–H groups in total. The predicted molar refractivity (Wildman–Crippen MR) is 540 cm³/mol. The van der Waals surface area contributed by atoms with Crippen LogP contribution < -0.4 is 0 Å². The van der Waals surface area contributed by atoms with Gasteiger partial charge in [-0.05, 0) is 150 Å². The molecule has 28 rings (SSSR count). The van der Waals surface area contributed by atoms with Gasteiger partial charge >= 0.3 is 0 Å². The van der Waals surface area contributed by atoms with E-state index in [1.54, 1.807) is 0 Å². The number of rotatable bonds is 11. The highest BCUT2D eigenvalue weighted by molar-refractivity contribution is 6.14. The van der Waals surface area contributed by atoms with E-state index in [-0.39, 0.29) is 0 Å². The van der Waals surface area contributed by atoms with Crippen LogP contribution in [0.25, 0.3) is 261 Å². The molecule has 0 aliphatic heterocycles. The van der Waals surface area contributed by atoms with Gasteiger partial charge in [-0.15, -0.1) is 0 Å². The van der Waals surface area contributed by atoms with Gasteiger partial charge in [-0.2, -0.15) is 9.97 Å². The maximum absolute atomic E-state index is 6.26. The lowest BCUT2D eigenvalue weighted by molar-refractivity contribution is 0.668. The Kier molecular flexibility index (Phi) is 17.9. The zero-order valence-corrected chi connectivity index (χ0v) is 71.2. The molecular weight excluding hydrogens is 1630 g/mol. The third kappa shape index (κ3) is 13.2. The molecule has 0 radical (unpaired) electrons. The van der Waals surface area contributed by atoms with Crippen molar-refractivity contribution < 1.29 is 17.7 Å². The third-order valence-corrected chi connectivity index (χ3v) is 25.6. The van der Waals surface area contributed by atoms with Crippen molar-refractivity contribution >= 4 is 153 Å². The first-order valence-corrected chi connectivity index (χ1v) is 44.4. The summed E-state index contributed by atoms with van der Waals surface area (Å²) < 4.78 is 31.5. The molecule has 28 aromatic rings. The Morgan fingerprint density at radius 2 is 0.391 bits per heavy atom. The minimum Gasteiger partial charge on any atom is -0.456 e. The van der Waals surface area contributed by atoms with E-state index >= 15 is 0 Å². The van der Waals surface area contributed by atoms with E-state index in [1.807, 2.05) is 133 Å². The number of benzene rings is 18. The lowest BCUT2D eigenvalue weighted by Gasteiger charge is -2.12. The molecule has 0 aliphatic rings. The van der Waals surface area contributed by atoms with Crippen LogP contribution in [0.5, 0.6) is 0 Å². The molecular formula is C119H72N10O4. The highest BCUT2D eigenvalue weighted by Gasteiger charge is 2.25. The quantitative estimate of drug-likeness (QED) is 0.121. The van der Waals surface area contributed by atoms with E-state index in [9.17, 15) is 0 Å². The van der Waals surface area contributed by atoms with Gasteiger partial charge in [0.05, 0.1) is 55.9 Å². The fourth-order valence-electron chi connectivity index (χ4n) is 19.2. The fourth-order valence-corrected chi connectivity index (χ4v) is 19.2. The molecule has 0 bridgehead atoms. The molecule has 0 saturated heterocycles. The maximum atomic E-state index is 6.26. The summed E-state index contributed by atoms with van der Waals surface area (Å²) in [5.41, 5.74) is 26.8. The first kappa shape index (κ1) is 76.0. The van der Waals surface area contributed by atoms with Crippen molar-refractivity contribution in [3.8, 4) is 108 Å². The summed E-state index contributed by atoms with van der Waals surface area (Å²) >= 11 is 0. The van der Waals surface area contributed by atoms with Gasteiger partial charge in [0, 0.05) is 109 Å². The molecule has 0 unspecified atom stereocenters. The van der Waals surface area contributed by atoms with Crippen LogP contribution in [0.1, 0.15) is 0 Å². The maximum Gasteiger partial charge on any atom is 0.238 e. The summed E-state index contributed by atoms with van der Waals surface area (Å²) in [7, 11) is 0. The number of para-hydroxylation sites is 8. The number of hydrogen-bond acceptors (Lipinski definition) is 11. The molecule has 18 aromatic carbocycles. The number of furan rings is 4. The van der Waals surface area contributed by atoms with E-state index in [1.165, 1.54) is 21.9 Å². The average molecular weight is 1710 g/mol. The summed E-state index contributed by atoms with van der Waals surface area (Å²) in [6, 6.07) is 150. The zero-order chi connectivity index (χ0) is 87.6. The van der Waals surface area contributed by atoms with Crippen LogP contribution in [-0.4, -0.2) is 48.6 Å². The van der Waals surface area contributed by atoms with Crippen LogP contribution in [0.2, 0.25) is 0 Å². The predicted octanol–water partition coefficient (Wildman–Crippen LogP) is 31.0. The second kappa shape index (κ2) is 31.3. The Balaban J connectivity index is 0.000000104. The second-order valence-corrected chi connectivity index (χ2v) is 33.4. The SMILES string of the molecule is c1ccc(-c2ccc3c(c2)c2ccccc2n3-c2nc(-c3ccccc3)cc(-c3ccc4c(c3)oc3ccccc34)n2)cc1.c1ccc(-c2ccc3c4ccccc4n(-c4nc(-c5ccccc5)nc(-c5ccc6c(c5)oc5ccccc56)n4)c3c2)cc1.c1ccc2c(c1)oc1cc(-c3cc(-c4ccc5c(c4)oc4ccccc45)nc(-n4c5ccccc5c5ccccc54)n3)ccc12. The fraction of sp³-hybridized carbons (Fsp3) is 0. The Morgan fingerprint density at radius 1 is 0.135 bits per heavy atom. The molecule has 0 amide bonds. The molecule has 133 heavy (non-hydrogen) atoms. The van der Waals surface area contributed by atoms with Crippen LogP contribution >= 0.6 is 0 Å². The molecule has 0 aliphatic carbocycles. The van der Waals surface area contributed by atoms with Crippen LogP contribution in [0, 0.1) is 0 Å². The molecule has 0 saturated carbocycles. The van der Waals surface area contributed by atoms with Crippen molar-refractivity contribution in [3.63, 3.8) is 0 Å². The molecule has 0 spiro atoms. The zero-order valence-electron chi connectivity index (χ0n) is 71.2. The summed E-state index contributed by atoms with van der Waals surface area (Å²) in [4.78, 5) is 36.0. The second-order valence-electron chi connectivity index (χ2n) is 33.4. The van der Waals surface area contributed by atoms with Gasteiger partial charge in [0.1, 0.15) is 44.7 Å². The normalized spacial score (nSPS) is 11.8. The Labute approximate surface area is 759 Å². The number of nitrogens with zero attached hydrogens (tertiary/aromatic N) is 10. The van der Waals surface area contributed by atoms with Crippen LogP contribution in [-0.2, 0) is 0 Å². The van der Waals surface area contributed by atoms with Gasteiger partial charge in [-0.1, -0.05) is 309 Å². The standard InChI is InChI=1S/C40H23N3O2.C40H25N3O.C39H24N4O/c1-5-13-34-26(9-1)27-10-2-6-14-35(27)43(34)40-41-32(24-17-19-30-28-11-3-7-15-36(28)44-38(30)21-24)23-33(42-40)25-18-20-31-29-12-4-8-16-37(29)45-39(31)22-25;1-3-11-26(12-4-1)28-20-22-37-33(23-28)30-15-7-9-17-36(30)43(37)40-41-34(27-13-5-2-6-14-27)25-35(42-40)29-19-21-32-31-16-8-10-18-38(31)44-39(32)24-29;1-3-11-25(12-4-1)27-19-21-30-29-15-7-9-17-33(29)43(34(30)23-27)39-41-37(26-13-5-2-6-14-26)40-38(42-39)28-20-22-32-31-16-8-10-18-35(31)44-36(32)24-28/h1-23H;1-25H;1-24H. The first-order chi connectivity index (χ1) is 65.9. The van der Waals surface area contributed by atoms with E-state index < -0.39 is 0 Å². The summed E-state index contributed by atoms with van der Waals surface area (Å²) in [5.74, 6) is 3.00. The highest BCUT2D eigenvalue weighted by Crippen LogP contribution is 2.44. The van der Waals surface area contributed by atoms with E-state index in [0.29, 0.717) is 29.5 Å². The van der Waals surface area contributed by atoms with Crippen molar-refractivity contribution in [2.24, 2.45) is 0 Å². The molecule has 0 fully saturated rings. The molecule has 0 atom stereocenters. The summed E-state index contributed by atoms with van der Waals surface area (Å²) in [6.45, 7) is 0. The molecule has 10 heterocycles. The Morgan fingerprint density at radius 3 is 0.797 bits per heavy atom. The number of fused-ring (bicyclic) bond motifs is 21. The van der Waals surface area contributed by atoms with E-state index in [2.05, 4.69) is 317 Å². The van der Waals surface area contributed by atoms with Gasteiger partial charge in [0.2, 0.25) is 17.8 Å². The van der Waals surface area contributed by atoms with E-state index in [4.69, 9.17) is 52.6 Å². The van der Waals surface area contributed by atoms with Gasteiger partial charge < -0.3 is 17.7 Å². The Bertz CT molecular complexity index is 9310.